The smallest absolute Gasteiger partial charge is 0 e. The molecule has 0 aromatic rings. The molecule has 0 aliphatic heterocycles. The van der Waals surface area contributed by atoms with E-state index < -0.39 is 0 Å². The van der Waals surface area contributed by atoms with Crippen molar-refractivity contribution in [3.8, 4) is 0 Å². The zero-order chi connectivity index (χ0) is 4.83. The molecule has 0 N–H and O–H groups in total. The fourth-order valence-corrected chi connectivity index (χ4v) is 0.627. The van der Waals surface area contributed by atoms with Gasteiger partial charge >= 0.3 is 49.9 Å². The van der Waals surface area contributed by atoms with Crippen molar-refractivity contribution in [2.75, 3.05) is 0 Å². The molecular formula is C5H8WY-2. The summed E-state index contributed by atoms with van der Waals surface area (Å²) >= 11 is 1.46. The molecule has 0 atom stereocenters. The van der Waals surface area contributed by atoms with Gasteiger partial charge in [-0.2, -0.15) is 0 Å². The molecule has 0 amide bonds. The Hall–Kier alpha value is 1.66. The number of hydrogen-bond donors (Lipinski definition) is 0. The van der Waals surface area contributed by atoms with Gasteiger partial charge < -0.3 is 0 Å². The molecule has 39 valence electrons. The van der Waals surface area contributed by atoms with Gasteiger partial charge in [-0.3, -0.25) is 0 Å². The molecule has 0 unspecified atom stereocenters. The van der Waals surface area contributed by atoms with E-state index in [4.69, 9.17) is 0 Å². The molecule has 0 fully saturated rings. The topological polar surface area (TPSA) is 0 Å². The average Bonchev–Trinajstić information content (AvgIpc) is 1.61. The van der Waals surface area contributed by atoms with Gasteiger partial charge in [-0.15, -0.1) is 0 Å². The summed E-state index contributed by atoms with van der Waals surface area (Å²) in [5.41, 5.74) is 0. The van der Waals surface area contributed by atoms with Gasteiger partial charge in [0.05, 0.1) is 0 Å². The summed E-state index contributed by atoms with van der Waals surface area (Å²) in [5, 5.41) is 0. The molecule has 0 aliphatic carbocycles. The van der Waals surface area contributed by atoms with Gasteiger partial charge in [0.25, 0.3) is 0 Å². The summed E-state index contributed by atoms with van der Waals surface area (Å²) in [4.78, 5) is 0. The van der Waals surface area contributed by atoms with Crippen molar-refractivity contribution in [1.29, 1.82) is 0 Å². The quantitative estimate of drug-likeness (QED) is 0.535. The fourth-order valence-electron chi connectivity index (χ4n) is 0.203. The molecule has 0 nitrogen and oxygen atoms in total. The molecule has 0 bridgehead atoms. The van der Waals surface area contributed by atoms with Gasteiger partial charge in [0.2, 0.25) is 0 Å². The maximum Gasteiger partial charge on any atom is 0 e. The summed E-state index contributed by atoms with van der Waals surface area (Å²) in [7, 11) is 0. The van der Waals surface area contributed by atoms with Gasteiger partial charge in [-0.1, -0.05) is 0 Å². The molecule has 0 aromatic carbocycles. The van der Waals surface area contributed by atoms with E-state index in [2.05, 4.69) is 17.7 Å². The molecule has 0 heterocycles. The second kappa shape index (κ2) is 10.6. The summed E-state index contributed by atoms with van der Waals surface area (Å²) in [6.45, 7) is 2.08. The largest absolute Gasteiger partial charge is 0 e. The van der Waals surface area contributed by atoms with Crippen molar-refractivity contribution < 1.29 is 52.1 Å². The first-order valence-corrected chi connectivity index (χ1v) is 3.51. The van der Waals surface area contributed by atoms with Crippen molar-refractivity contribution in [3.05, 3.63) is 6.42 Å². The Morgan fingerprint density at radius 2 is 2.29 bits per heavy atom. The maximum atomic E-state index is 3.12. The van der Waals surface area contributed by atoms with E-state index in [9.17, 15) is 0 Å². The molecule has 1 radical (unpaired) electrons. The van der Waals surface area contributed by atoms with E-state index in [1.54, 1.807) is 0 Å². The minimum absolute atomic E-state index is 0. The van der Waals surface area contributed by atoms with Crippen LogP contribution in [0.4, 0.5) is 0 Å². The Morgan fingerprint density at radius 1 is 1.71 bits per heavy atom. The van der Waals surface area contributed by atoms with Crippen molar-refractivity contribution in [2.24, 2.45) is 0 Å². The van der Waals surface area contributed by atoms with E-state index in [1.807, 2.05) is 0 Å². The third kappa shape index (κ3) is 11.3. The van der Waals surface area contributed by atoms with Gasteiger partial charge in [0, 0.05) is 32.7 Å². The summed E-state index contributed by atoms with van der Waals surface area (Å²) < 4.78 is 3.12. The molecule has 0 saturated carbocycles. The van der Waals surface area contributed by atoms with Crippen LogP contribution in [0.2, 0.25) is 0 Å². The zero-order valence-electron chi connectivity index (χ0n) is 4.48. The Balaban J connectivity index is 0. The first kappa shape index (κ1) is 11.5. The molecule has 0 aromatic heterocycles. The van der Waals surface area contributed by atoms with Gasteiger partial charge in [0.1, 0.15) is 0 Å². The minimum Gasteiger partial charge on any atom is 0 e. The van der Waals surface area contributed by atoms with Crippen molar-refractivity contribution >= 4 is 4.40 Å². The van der Waals surface area contributed by atoms with Crippen LogP contribution in [-0.2, 0) is 52.1 Å². The molecule has 0 saturated heterocycles. The second-order valence-electron chi connectivity index (χ2n) is 1.09. The molecule has 0 aliphatic rings. The van der Waals surface area contributed by atoms with Gasteiger partial charge in [-0.05, 0) is 0 Å². The first-order chi connectivity index (χ1) is 2.91. The monoisotopic (exact) mass is 341 g/mol. The van der Waals surface area contributed by atoms with Crippen molar-refractivity contribution in [1.82, 2.24) is 0 Å². The van der Waals surface area contributed by atoms with Crippen molar-refractivity contribution in [3.63, 3.8) is 0 Å². The van der Waals surface area contributed by atoms with E-state index in [0.717, 1.165) is 6.42 Å². The summed E-state index contributed by atoms with van der Waals surface area (Å²) in [6.07, 6.45) is 4.51. The van der Waals surface area contributed by atoms with Crippen LogP contribution >= 0.6 is 0 Å². The Bertz CT molecular complexity index is 37.1. The van der Waals surface area contributed by atoms with Crippen LogP contribution in [0, 0.1) is 6.42 Å². The predicted molar refractivity (Wildman–Crippen MR) is 24.2 cm³/mol. The first-order valence-electron chi connectivity index (χ1n) is 2.04. The number of hydrogen-bond acceptors (Lipinski definition) is 0. The van der Waals surface area contributed by atoms with E-state index in [0.29, 0.717) is 0 Å². The van der Waals surface area contributed by atoms with E-state index in [1.165, 1.54) is 25.8 Å². The van der Waals surface area contributed by atoms with Gasteiger partial charge in [-0.25, -0.2) is 0 Å². The van der Waals surface area contributed by atoms with Crippen molar-refractivity contribution in [2.45, 2.75) is 19.8 Å². The van der Waals surface area contributed by atoms with E-state index >= 15 is 0 Å². The molecule has 0 rings (SSSR count). The summed E-state index contributed by atoms with van der Waals surface area (Å²) in [5.74, 6) is 0. The zero-order valence-corrected chi connectivity index (χ0v) is 10.2. The van der Waals surface area contributed by atoms with Crippen LogP contribution < -0.4 is 0 Å². The molecule has 7 heavy (non-hydrogen) atoms. The number of rotatable bonds is 3. The molecule has 2 heteroatoms. The number of unbranched alkanes of at least 4 members (excludes halogenated alkanes) is 2. The Labute approximate surface area is 81.7 Å². The standard InChI is InChI=1S/C5H8.W.Y/c1-3-5-4-2;;/h3H,4-5H2,1H3;;/q-2;;. The third-order valence-electron chi connectivity index (χ3n) is 0.535. The summed E-state index contributed by atoms with van der Waals surface area (Å²) in [6, 6.07) is 0. The second-order valence-corrected chi connectivity index (χ2v) is 2.13. The van der Waals surface area contributed by atoms with E-state index in [-0.39, 0.29) is 32.7 Å². The SMILES string of the molecule is C[CH-]CC[C-]=[W].[Y]. The molecule has 0 spiro atoms. The van der Waals surface area contributed by atoms with Gasteiger partial charge in [0.15, 0.2) is 0 Å². The van der Waals surface area contributed by atoms with Crippen LogP contribution in [-0.4, -0.2) is 4.40 Å². The third-order valence-corrected chi connectivity index (χ3v) is 1.27. The minimum atomic E-state index is 0. The Kier molecular flexibility index (Phi) is 17.4. The Morgan fingerprint density at radius 3 is 2.43 bits per heavy atom. The molecular weight excluding hydrogens is 333 g/mol. The predicted octanol–water partition coefficient (Wildman–Crippen LogP) is 1.21. The maximum absolute atomic E-state index is 3.12. The van der Waals surface area contributed by atoms with Crippen LogP contribution in [0.1, 0.15) is 19.8 Å². The van der Waals surface area contributed by atoms with Crippen LogP contribution in [0.15, 0.2) is 0 Å². The van der Waals surface area contributed by atoms with Crippen LogP contribution in [0.3, 0.4) is 0 Å². The normalized spacial score (nSPS) is 7.00. The van der Waals surface area contributed by atoms with Crippen LogP contribution in [0.25, 0.3) is 0 Å². The van der Waals surface area contributed by atoms with Crippen LogP contribution in [0.5, 0.6) is 0 Å². The average molecular weight is 341 g/mol. The fraction of sp³-hybridized carbons (Fsp3) is 0.600.